The molecule has 0 aliphatic rings. The zero-order valence-electron chi connectivity index (χ0n) is 3.84. The van der Waals surface area contributed by atoms with Gasteiger partial charge in [0.15, 0.2) is 0 Å². The maximum absolute atomic E-state index is 2.97. The summed E-state index contributed by atoms with van der Waals surface area (Å²) in [4.78, 5) is 2.97. The summed E-state index contributed by atoms with van der Waals surface area (Å²) in [5.74, 6) is 0. The molecule has 0 amide bonds. The Morgan fingerprint density at radius 2 is 2.00 bits per heavy atom. The van der Waals surface area contributed by atoms with Crippen LogP contribution in [0.1, 0.15) is 0 Å². The van der Waals surface area contributed by atoms with Gasteiger partial charge >= 0.3 is 45.9 Å². The van der Waals surface area contributed by atoms with Crippen molar-refractivity contribution in [3.63, 3.8) is 0 Å². The minimum atomic E-state index is 0. The van der Waals surface area contributed by atoms with E-state index in [1.54, 1.807) is 0 Å². The molecule has 1 aromatic rings. The molecule has 0 atom stereocenters. The molecule has 1 N–H and O–H groups in total. The molecule has 0 radical (unpaired) electrons. The van der Waals surface area contributed by atoms with Crippen LogP contribution in [0.15, 0.2) is 18.3 Å². The number of hydrogen-bond donors (Lipinski definition) is 1. The van der Waals surface area contributed by atoms with Gasteiger partial charge in [-0.2, -0.15) is 0 Å². The molecule has 0 bridgehead atoms. The first-order valence-corrected chi connectivity index (χ1v) is 2.54. The molecule has 8 heavy (non-hydrogen) atoms. The summed E-state index contributed by atoms with van der Waals surface area (Å²) in [6.45, 7) is 0. The van der Waals surface area contributed by atoms with Gasteiger partial charge in [-0.1, -0.05) is 0 Å². The normalized spacial score (nSPS) is 6.50. The molecule has 0 aromatic carbocycles. The number of aromatic nitrogens is 1. The minimum absolute atomic E-state index is 0. The standard InChI is InChI=1S/C4H4N.2FH.Ru/c1-2-4-5-3-1;;;/h1-3,5H;2*1H;/q;;;+2/p-2. The number of H-pyrrole nitrogens is 1. The van der Waals surface area contributed by atoms with Crippen LogP contribution in [0, 0.1) is 0 Å². The fourth-order valence-corrected chi connectivity index (χ4v) is 0.616. The van der Waals surface area contributed by atoms with Crippen LogP contribution in [0.25, 0.3) is 0 Å². The van der Waals surface area contributed by atoms with E-state index in [4.69, 9.17) is 0 Å². The second-order valence-electron chi connectivity index (χ2n) is 1.00. The average Bonchev–Trinajstić information content (AvgIpc) is 1.86. The summed E-state index contributed by atoms with van der Waals surface area (Å²) >= 11 is 2.48. The van der Waals surface area contributed by atoms with Crippen LogP contribution in [0.5, 0.6) is 0 Å². The van der Waals surface area contributed by atoms with E-state index in [1.807, 2.05) is 18.3 Å². The van der Waals surface area contributed by atoms with Crippen molar-refractivity contribution in [3.05, 3.63) is 18.3 Å². The summed E-state index contributed by atoms with van der Waals surface area (Å²) < 4.78 is 1.15. The van der Waals surface area contributed by atoms with Crippen LogP contribution >= 0.6 is 0 Å². The Kier molecular flexibility index (Phi) is 6.56. The number of rotatable bonds is 0. The van der Waals surface area contributed by atoms with Crippen molar-refractivity contribution in [1.29, 1.82) is 0 Å². The van der Waals surface area contributed by atoms with E-state index < -0.39 is 0 Å². The van der Waals surface area contributed by atoms with E-state index in [9.17, 15) is 0 Å². The maximum atomic E-state index is 2.97. The molecule has 0 unspecified atom stereocenters. The third-order valence-electron chi connectivity index (χ3n) is 0.552. The summed E-state index contributed by atoms with van der Waals surface area (Å²) in [6.07, 6.45) is 1.89. The van der Waals surface area contributed by atoms with E-state index in [1.165, 1.54) is 0 Å². The van der Waals surface area contributed by atoms with Crippen LogP contribution in [-0.4, -0.2) is 4.98 Å². The molecule has 1 rings (SSSR count). The van der Waals surface area contributed by atoms with Gasteiger partial charge in [0.1, 0.15) is 0 Å². The van der Waals surface area contributed by atoms with Crippen LogP contribution in [0.2, 0.25) is 0 Å². The molecule has 1 heterocycles. The van der Waals surface area contributed by atoms with Crippen LogP contribution in [0.3, 0.4) is 0 Å². The predicted molar refractivity (Wildman–Crippen MR) is 20.4 cm³/mol. The Balaban J connectivity index is 0. The van der Waals surface area contributed by atoms with Crippen molar-refractivity contribution < 1.29 is 27.7 Å². The van der Waals surface area contributed by atoms with Crippen molar-refractivity contribution in [2.24, 2.45) is 0 Å². The Hall–Kier alpha value is -0.237. The second-order valence-corrected chi connectivity index (χ2v) is 1.94. The molecule has 4 heteroatoms. The van der Waals surface area contributed by atoms with Crippen LogP contribution in [-0.2, 0) is 18.3 Å². The number of nitrogens with one attached hydrogen (secondary N) is 1. The molecule has 47 valence electrons. The van der Waals surface area contributed by atoms with E-state index in [-0.39, 0.29) is 9.41 Å². The van der Waals surface area contributed by atoms with Crippen LogP contribution in [0.4, 0.5) is 0 Å². The van der Waals surface area contributed by atoms with Gasteiger partial charge in [-0.25, -0.2) is 0 Å². The first-order valence-electron chi connectivity index (χ1n) is 1.67. The Morgan fingerprint density at radius 1 is 1.38 bits per heavy atom. The van der Waals surface area contributed by atoms with Crippen molar-refractivity contribution in [2.75, 3.05) is 0 Å². The zero-order valence-corrected chi connectivity index (χ0v) is 5.58. The fourth-order valence-electron chi connectivity index (χ4n) is 0.304. The van der Waals surface area contributed by atoms with Gasteiger partial charge in [0.05, 0.1) is 0 Å². The molecule has 0 saturated heterocycles. The second kappa shape index (κ2) is 4.91. The predicted octanol–water partition coefficient (Wildman–Crippen LogP) is -5.81. The fraction of sp³-hybridized carbons (Fsp3) is 0. The van der Waals surface area contributed by atoms with E-state index in [0.29, 0.717) is 0 Å². The third kappa shape index (κ3) is 2.86. The summed E-state index contributed by atoms with van der Waals surface area (Å²) in [7, 11) is 0. The quantitative estimate of drug-likeness (QED) is 0.406. The molecule has 0 aliphatic carbocycles. The van der Waals surface area contributed by atoms with E-state index >= 15 is 0 Å². The summed E-state index contributed by atoms with van der Waals surface area (Å²) in [5, 5.41) is 0. The molecule has 0 aliphatic heterocycles. The summed E-state index contributed by atoms with van der Waals surface area (Å²) in [5.41, 5.74) is 0. The molecule has 0 saturated carbocycles. The molecule has 1 nitrogen and oxygen atoms in total. The summed E-state index contributed by atoms with van der Waals surface area (Å²) in [6, 6.07) is 3.96. The first kappa shape index (κ1) is 10.7. The number of halogens is 2. The van der Waals surface area contributed by atoms with Gasteiger partial charge in [-0.3, -0.25) is 0 Å². The molecule has 0 fully saturated rings. The SMILES string of the molecule is [F-].[F-].[Ru+2][c]1ccc[nH]1. The monoisotopic (exact) mass is 206 g/mol. The number of hydrogen-bond acceptors (Lipinski definition) is 0. The van der Waals surface area contributed by atoms with E-state index in [2.05, 4.69) is 23.3 Å². The van der Waals surface area contributed by atoms with Crippen molar-refractivity contribution in [2.45, 2.75) is 0 Å². The Morgan fingerprint density at radius 3 is 2.12 bits per heavy atom. The molecular formula is C4H4F2NRu. The first-order chi connectivity index (χ1) is 2.89. The molecular weight excluding hydrogens is 201 g/mol. The zero-order chi connectivity index (χ0) is 4.41. The molecule has 1 aromatic heterocycles. The van der Waals surface area contributed by atoms with Crippen molar-refractivity contribution >= 4 is 4.29 Å². The van der Waals surface area contributed by atoms with Gasteiger partial charge in [0, 0.05) is 0 Å². The number of aromatic amines is 1. The van der Waals surface area contributed by atoms with Gasteiger partial charge in [0.2, 0.25) is 0 Å². The van der Waals surface area contributed by atoms with Gasteiger partial charge in [-0.05, 0) is 0 Å². The topological polar surface area (TPSA) is 15.8 Å². The van der Waals surface area contributed by atoms with E-state index in [0.717, 1.165) is 4.29 Å². The van der Waals surface area contributed by atoms with Gasteiger partial charge < -0.3 is 9.41 Å². The van der Waals surface area contributed by atoms with Gasteiger partial charge in [0.25, 0.3) is 0 Å². The average molecular weight is 205 g/mol. The Labute approximate surface area is 55.9 Å². The molecule has 0 spiro atoms. The third-order valence-corrected chi connectivity index (χ3v) is 1.09. The van der Waals surface area contributed by atoms with Gasteiger partial charge in [-0.15, -0.1) is 0 Å². The van der Waals surface area contributed by atoms with Crippen LogP contribution < -0.4 is 13.7 Å². The van der Waals surface area contributed by atoms with Crippen molar-refractivity contribution in [1.82, 2.24) is 4.98 Å². The Bertz CT molecular complexity index is 118. The van der Waals surface area contributed by atoms with Crippen molar-refractivity contribution in [3.8, 4) is 0 Å².